The van der Waals surface area contributed by atoms with E-state index >= 15 is 0 Å². The molecule has 1 unspecified atom stereocenters. The van der Waals surface area contributed by atoms with E-state index < -0.39 is 17.3 Å². The quantitative estimate of drug-likeness (QED) is 0.446. The van der Waals surface area contributed by atoms with E-state index in [2.05, 4.69) is 25.6 Å². The summed E-state index contributed by atoms with van der Waals surface area (Å²) in [6.07, 6.45) is 6.20. The van der Waals surface area contributed by atoms with E-state index in [0.717, 1.165) is 6.42 Å². The molecule has 35 heavy (non-hydrogen) atoms. The Morgan fingerprint density at radius 2 is 1.97 bits per heavy atom. The highest BCUT2D eigenvalue weighted by Gasteiger charge is 2.37. The molecule has 11 heteroatoms. The Morgan fingerprint density at radius 3 is 2.69 bits per heavy atom. The second kappa shape index (κ2) is 8.58. The van der Waals surface area contributed by atoms with Gasteiger partial charge in [0.05, 0.1) is 23.3 Å². The van der Waals surface area contributed by atoms with Gasteiger partial charge in [0.2, 0.25) is 11.5 Å². The van der Waals surface area contributed by atoms with E-state index in [1.54, 1.807) is 37.6 Å². The van der Waals surface area contributed by atoms with Gasteiger partial charge >= 0.3 is 0 Å². The average Bonchev–Trinajstić information content (AvgIpc) is 3.53. The van der Waals surface area contributed by atoms with Crippen molar-refractivity contribution in [3.05, 3.63) is 60.0 Å². The number of carbonyl (C=O) groups excluding carboxylic acids is 2. The number of aryl methyl sites for hydroxylation is 2. The fourth-order valence-corrected chi connectivity index (χ4v) is 4.03. The number of carbonyl (C=O) groups is 2. The summed E-state index contributed by atoms with van der Waals surface area (Å²) >= 11 is 0. The summed E-state index contributed by atoms with van der Waals surface area (Å²) in [4.78, 5) is 37.9. The lowest BCUT2D eigenvalue weighted by molar-refractivity contribution is -0.133. The van der Waals surface area contributed by atoms with Crippen molar-refractivity contribution in [2.75, 3.05) is 17.2 Å². The van der Waals surface area contributed by atoms with Gasteiger partial charge in [-0.15, -0.1) is 0 Å². The van der Waals surface area contributed by atoms with E-state index in [-0.39, 0.29) is 17.2 Å². The first-order valence-corrected chi connectivity index (χ1v) is 11.1. The molecule has 2 N–H and O–H groups in total. The second-order valence-electron chi connectivity index (χ2n) is 8.61. The number of anilines is 2. The summed E-state index contributed by atoms with van der Waals surface area (Å²) in [6.45, 7) is 5.63. The van der Waals surface area contributed by atoms with Gasteiger partial charge in [0, 0.05) is 37.2 Å². The lowest BCUT2D eigenvalue weighted by Crippen LogP contribution is -2.39. The zero-order valence-electron chi connectivity index (χ0n) is 19.4. The third kappa shape index (κ3) is 4.37. The highest BCUT2D eigenvalue weighted by atomic mass is 19.1. The molecule has 0 bridgehead atoms. The molecule has 180 valence electrons. The van der Waals surface area contributed by atoms with Crippen LogP contribution in [0.25, 0.3) is 17.0 Å². The van der Waals surface area contributed by atoms with Crippen molar-refractivity contribution >= 4 is 29.0 Å². The number of nitrogens with one attached hydrogen (secondary N) is 2. The molecule has 1 atom stereocenters. The first-order chi connectivity index (χ1) is 16.7. The molecule has 1 aliphatic rings. The van der Waals surface area contributed by atoms with Gasteiger partial charge in [0.15, 0.2) is 5.89 Å². The van der Waals surface area contributed by atoms with Crippen LogP contribution in [0.3, 0.4) is 0 Å². The molecule has 1 aromatic carbocycles. The number of aromatic nitrogens is 4. The molecule has 0 aliphatic carbocycles. The van der Waals surface area contributed by atoms with Crippen LogP contribution in [0.4, 0.5) is 15.8 Å². The normalized spacial score (nSPS) is 17.6. The van der Waals surface area contributed by atoms with E-state index in [4.69, 9.17) is 9.15 Å². The van der Waals surface area contributed by atoms with Crippen molar-refractivity contribution in [3.63, 3.8) is 0 Å². The first kappa shape index (κ1) is 22.7. The number of ether oxygens (including phenoxy) is 1. The van der Waals surface area contributed by atoms with Crippen molar-refractivity contribution in [3.8, 4) is 11.3 Å². The Bertz CT molecular complexity index is 1450. The SMILES string of the molecule is Cc1nc(C)c(C(=O)Nc2ccc(F)c(-c3cn4cc(NC(=O)C5(C)CCCO5)cnc4n3)c2)o1. The number of hydrogen-bond acceptors (Lipinski definition) is 7. The number of hydrogen-bond donors (Lipinski definition) is 2. The van der Waals surface area contributed by atoms with Gasteiger partial charge in [0.25, 0.3) is 11.8 Å². The number of rotatable bonds is 5. The summed E-state index contributed by atoms with van der Waals surface area (Å²) in [5.74, 6) is -0.455. The summed E-state index contributed by atoms with van der Waals surface area (Å²) in [5, 5.41) is 5.51. The average molecular weight is 478 g/mol. The Hall–Kier alpha value is -4.12. The number of halogens is 1. The summed E-state index contributed by atoms with van der Waals surface area (Å²) in [5.41, 5.74) is 0.908. The molecule has 1 fully saturated rings. The highest BCUT2D eigenvalue weighted by molar-refractivity contribution is 6.03. The molecule has 2 amide bonds. The molecular formula is C24H23FN6O4. The Labute approximate surface area is 199 Å². The maximum atomic E-state index is 14.7. The van der Waals surface area contributed by atoms with Crippen molar-refractivity contribution < 1.29 is 23.1 Å². The third-order valence-corrected chi connectivity index (χ3v) is 5.88. The number of fused-ring (bicyclic) bond motifs is 1. The highest BCUT2D eigenvalue weighted by Crippen LogP contribution is 2.28. The van der Waals surface area contributed by atoms with Gasteiger partial charge < -0.3 is 19.8 Å². The molecule has 4 aromatic rings. The summed E-state index contributed by atoms with van der Waals surface area (Å²) < 4.78 is 27.2. The minimum absolute atomic E-state index is 0.0942. The number of benzene rings is 1. The van der Waals surface area contributed by atoms with Gasteiger partial charge in [-0.05, 0) is 44.9 Å². The van der Waals surface area contributed by atoms with Crippen molar-refractivity contribution in [2.45, 2.75) is 39.2 Å². The van der Waals surface area contributed by atoms with E-state index in [0.29, 0.717) is 47.5 Å². The van der Waals surface area contributed by atoms with Crippen LogP contribution in [-0.2, 0) is 9.53 Å². The van der Waals surface area contributed by atoms with Gasteiger partial charge in [-0.2, -0.15) is 0 Å². The molecule has 3 aromatic heterocycles. The fraction of sp³-hybridized carbons (Fsp3) is 0.292. The van der Waals surface area contributed by atoms with Crippen LogP contribution in [0.1, 0.15) is 41.9 Å². The van der Waals surface area contributed by atoms with Crippen molar-refractivity contribution in [2.24, 2.45) is 0 Å². The smallest absolute Gasteiger partial charge is 0.293 e. The fourth-order valence-electron chi connectivity index (χ4n) is 4.03. The van der Waals surface area contributed by atoms with Gasteiger partial charge in [0.1, 0.15) is 11.4 Å². The van der Waals surface area contributed by atoms with E-state index in [9.17, 15) is 14.0 Å². The van der Waals surface area contributed by atoms with Gasteiger partial charge in [-0.25, -0.2) is 19.3 Å². The zero-order valence-corrected chi connectivity index (χ0v) is 19.4. The molecule has 1 aliphatic heterocycles. The van der Waals surface area contributed by atoms with Crippen LogP contribution in [0.5, 0.6) is 0 Å². The largest absolute Gasteiger partial charge is 0.436 e. The molecule has 0 saturated carbocycles. The van der Waals surface area contributed by atoms with Crippen molar-refractivity contribution in [1.82, 2.24) is 19.4 Å². The molecule has 0 radical (unpaired) electrons. The Balaban J connectivity index is 1.39. The molecule has 10 nitrogen and oxygen atoms in total. The summed E-state index contributed by atoms with van der Waals surface area (Å²) in [7, 11) is 0. The molecule has 1 saturated heterocycles. The first-order valence-electron chi connectivity index (χ1n) is 11.1. The minimum Gasteiger partial charge on any atom is -0.436 e. The predicted octanol–water partition coefficient (Wildman–Crippen LogP) is 3.90. The summed E-state index contributed by atoms with van der Waals surface area (Å²) in [6, 6.07) is 4.17. The van der Waals surface area contributed by atoms with E-state index in [1.165, 1.54) is 24.4 Å². The van der Waals surface area contributed by atoms with Gasteiger partial charge in [-0.3, -0.25) is 14.0 Å². The van der Waals surface area contributed by atoms with Crippen LogP contribution in [0.2, 0.25) is 0 Å². The molecular weight excluding hydrogens is 455 g/mol. The number of amides is 2. The maximum Gasteiger partial charge on any atom is 0.293 e. The molecule has 4 heterocycles. The lowest BCUT2D eigenvalue weighted by Gasteiger charge is -2.21. The number of imidazole rings is 1. The van der Waals surface area contributed by atoms with Crippen LogP contribution in [0.15, 0.2) is 41.2 Å². The predicted molar refractivity (Wildman–Crippen MR) is 125 cm³/mol. The third-order valence-electron chi connectivity index (χ3n) is 5.88. The lowest BCUT2D eigenvalue weighted by atomic mass is 10.0. The van der Waals surface area contributed by atoms with Gasteiger partial charge in [-0.1, -0.05) is 0 Å². The zero-order chi connectivity index (χ0) is 24.7. The van der Waals surface area contributed by atoms with Crippen LogP contribution >= 0.6 is 0 Å². The topological polar surface area (TPSA) is 124 Å². The molecule has 5 rings (SSSR count). The van der Waals surface area contributed by atoms with E-state index in [1.807, 2.05) is 0 Å². The number of nitrogens with zero attached hydrogens (tertiary/aromatic N) is 4. The maximum absolute atomic E-state index is 14.7. The van der Waals surface area contributed by atoms with Crippen LogP contribution in [-0.4, -0.2) is 43.4 Å². The van der Waals surface area contributed by atoms with Crippen LogP contribution in [0, 0.1) is 19.7 Å². The standard InChI is InChI=1S/C24H23FN6O4/c1-13-20(35-14(2)27-13)21(32)28-15-5-6-18(25)17(9-15)19-12-31-11-16(10-26-23(31)30-19)29-22(33)24(3)7-4-8-34-24/h5-6,9-12H,4,7-8H2,1-3H3,(H,28,32)(H,29,33). The molecule has 0 spiro atoms. The minimum atomic E-state index is -0.869. The second-order valence-corrected chi connectivity index (χ2v) is 8.61. The monoisotopic (exact) mass is 478 g/mol. The Kier molecular flexibility index (Phi) is 5.56. The van der Waals surface area contributed by atoms with Crippen LogP contribution < -0.4 is 10.6 Å². The Morgan fingerprint density at radius 1 is 1.14 bits per heavy atom. The number of oxazole rings is 1. The van der Waals surface area contributed by atoms with Crippen molar-refractivity contribution in [1.29, 1.82) is 0 Å².